The Kier molecular flexibility index (Phi) is 6.62. The third-order valence-corrected chi connectivity index (χ3v) is 4.49. The van der Waals surface area contributed by atoms with Crippen molar-refractivity contribution in [3.8, 4) is 0 Å². The van der Waals surface area contributed by atoms with Crippen LogP contribution in [-0.2, 0) is 24.4 Å². The van der Waals surface area contributed by atoms with Crippen molar-refractivity contribution in [2.75, 3.05) is 13.7 Å². The van der Waals surface area contributed by atoms with Crippen molar-refractivity contribution in [1.82, 2.24) is 20.4 Å². The van der Waals surface area contributed by atoms with Gasteiger partial charge in [-0.1, -0.05) is 41.9 Å². The molecule has 1 aromatic heterocycles. The lowest BCUT2D eigenvalue weighted by atomic mass is 10.1. The second-order valence-corrected chi connectivity index (χ2v) is 6.61. The van der Waals surface area contributed by atoms with E-state index in [4.69, 9.17) is 16.3 Å². The molecule has 0 aliphatic heterocycles. The summed E-state index contributed by atoms with van der Waals surface area (Å²) < 4.78 is 6.41. The normalized spacial score (nSPS) is 10.8. The van der Waals surface area contributed by atoms with E-state index < -0.39 is 0 Å². The van der Waals surface area contributed by atoms with Crippen LogP contribution in [0.2, 0.25) is 5.02 Å². The maximum atomic E-state index is 12.5. The first-order valence-corrected chi connectivity index (χ1v) is 9.20. The number of nitrogens with one attached hydrogen (secondary N) is 2. The van der Waals surface area contributed by atoms with Gasteiger partial charge >= 0.3 is 6.03 Å². The summed E-state index contributed by atoms with van der Waals surface area (Å²) in [5, 5.41) is 11.9. The van der Waals surface area contributed by atoms with Crippen molar-refractivity contribution in [3.05, 3.63) is 75.2 Å². The average Bonchev–Trinajstić information content (AvgIpc) is 2.72. The topological polar surface area (TPSA) is 85.2 Å². The van der Waals surface area contributed by atoms with Gasteiger partial charge in [0.15, 0.2) is 0 Å². The first-order valence-electron chi connectivity index (χ1n) is 8.82. The molecule has 146 valence electrons. The Hall–Kier alpha value is -2.90. The van der Waals surface area contributed by atoms with Gasteiger partial charge in [-0.15, -0.1) is 0 Å². The molecule has 0 saturated heterocycles. The number of hydrogen-bond acceptors (Lipinski definition) is 4. The van der Waals surface area contributed by atoms with Crippen LogP contribution in [0.5, 0.6) is 0 Å². The highest BCUT2D eigenvalue weighted by atomic mass is 35.5. The molecule has 0 spiro atoms. The summed E-state index contributed by atoms with van der Waals surface area (Å²) in [4.78, 5) is 24.7. The summed E-state index contributed by atoms with van der Waals surface area (Å²) in [6.45, 7) is 1.29. The van der Waals surface area contributed by atoms with E-state index >= 15 is 0 Å². The number of methoxy groups -OCH3 is 1. The van der Waals surface area contributed by atoms with Crippen molar-refractivity contribution in [2.24, 2.45) is 0 Å². The highest BCUT2D eigenvalue weighted by Gasteiger charge is 2.11. The second kappa shape index (κ2) is 9.34. The molecule has 0 unspecified atom stereocenters. The lowest BCUT2D eigenvalue weighted by molar-refractivity contribution is 0.181. The number of nitrogens with zero attached hydrogens (tertiary/aromatic N) is 2. The predicted octanol–water partition coefficient (Wildman–Crippen LogP) is 2.70. The quantitative estimate of drug-likeness (QED) is 0.638. The van der Waals surface area contributed by atoms with Crippen molar-refractivity contribution in [3.63, 3.8) is 0 Å². The fourth-order valence-electron chi connectivity index (χ4n) is 2.78. The summed E-state index contributed by atoms with van der Waals surface area (Å²) in [5.74, 6) is 0. The second-order valence-electron chi connectivity index (χ2n) is 6.18. The third kappa shape index (κ3) is 4.88. The summed E-state index contributed by atoms with van der Waals surface area (Å²) in [5.41, 5.74) is 1.38. The third-order valence-electron chi connectivity index (χ3n) is 4.23. The van der Waals surface area contributed by atoms with Crippen molar-refractivity contribution in [2.45, 2.75) is 19.6 Å². The fourth-order valence-corrected chi connectivity index (χ4v) is 2.90. The maximum Gasteiger partial charge on any atom is 0.315 e. The predicted molar refractivity (Wildman–Crippen MR) is 108 cm³/mol. The van der Waals surface area contributed by atoms with Crippen LogP contribution < -0.4 is 16.2 Å². The van der Waals surface area contributed by atoms with E-state index in [1.807, 2.05) is 24.3 Å². The SMILES string of the molecule is COCCn1nc(CNC(=O)NCc2ccc(Cl)cc2)c2ccccc2c1=O. The number of amides is 2. The first kappa shape index (κ1) is 19.9. The summed E-state index contributed by atoms with van der Waals surface area (Å²) in [7, 11) is 1.57. The van der Waals surface area contributed by atoms with Crippen LogP contribution in [0.3, 0.4) is 0 Å². The van der Waals surface area contributed by atoms with Crippen LogP contribution in [0.15, 0.2) is 53.3 Å². The molecule has 0 saturated carbocycles. The lowest BCUT2D eigenvalue weighted by Crippen LogP contribution is -2.35. The molecule has 2 N–H and O–H groups in total. The molecule has 0 bridgehead atoms. The number of rotatable bonds is 7. The summed E-state index contributed by atoms with van der Waals surface area (Å²) in [6.07, 6.45) is 0. The largest absolute Gasteiger partial charge is 0.383 e. The van der Waals surface area contributed by atoms with Crippen molar-refractivity contribution >= 4 is 28.4 Å². The van der Waals surface area contributed by atoms with Gasteiger partial charge in [0.25, 0.3) is 5.56 Å². The number of carbonyl (C=O) groups is 1. The molecule has 7 nitrogen and oxygen atoms in total. The minimum atomic E-state index is -0.324. The zero-order valence-electron chi connectivity index (χ0n) is 15.4. The Balaban J connectivity index is 1.70. The van der Waals surface area contributed by atoms with E-state index in [2.05, 4.69) is 15.7 Å². The summed E-state index contributed by atoms with van der Waals surface area (Å²) >= 11 is 5.86. The molecule has 2 amide bonds. The molecule has 0 fully saturated rings. The van der Waals surface area contributed by atoms with E-state index in [9.17, 15) is 9.59 Å². The van der Waals surface area contributed by atoms with E-state index in [1.165, 1.54) is 4.68 Å². The molecule has 1 heterocycles. The standard InChI is InChI=1S/C20H21ClN4O3/c1-28-11-10-25-19(26)17-5-3-2-4-16(17)18(24-25)13-23-20(27)22-12-14-6-8-15(21)9-7-14/h2-9H,10-13H2,1H3,(H2,22,23,27). The molecule has 0 radical (unpaired) electrons. The number of benzene rings is 2. The van der Waals surface area contributed by atoms with Gasteiger partial charge in [0.2, 0.25) is 0 Å². The fraction of sp³-hybridized carbons (Fsp3) is 0.250. The van der Waals surface area contributed by atoms with Gasteiger partial charge in [0.05, 0.1) is 30.8 Å². The molecular formula is C20H21ClN4O3. The minimum Gasteiger partial charge on any atom is -0.383 e. The number of carbonyl (C=O) groups excluding carboxylic acids is 1. The molecular weight excluding hydrogens is 380 g/mol. The number of ether oxygens (including phenoxy) is 1. The maximum absolute atomic E-state index is 12.5. The molecule has 2 aromatic carbocycles. The van der Waals surface area contributed by atoms with Gasteiger partial charge in [-0.05, 0) is 23.8 Å². The van der Waals surface area contributed by atoms with Crippen LogP contribution in [0.4, 0.5) is 4.79 Å². The number of aromatic nitrogens is 2. The molecule has 0 atom stereocenters. The first-order chi connectivity index (χ1) is 13.6. The zero-order valence-corrected chi connectivity index (χ0v) is 16.2. The van der Waals surface area contributed by atoms with Crippen LogP contribution in [-0.4, -0.2) is 29.5 Å². The molecule has 28 heavy (non-hydrogen) atoms. The zero-order chi connectivity index (χ0) is 19.9. The highest BCUT2D eigenvalue weighted by Crippen LogP contribution is 2.13. The van der Waals surface area contributed by atoms with Crippen LogP contribution in [0.1, 0.15) is 11.3 Å². The molecule has 0 aliphatic carbocycles. The van der Waals surface area contributed by atoms with E-state index in [0.29, 0.717) is 35.8 Å². The van der Waals surface area contributed by atoms with Crippen molar-refractivity contribution in [1.29, 1.82) is 0 Å². The Morgan fingerprint density at radius 1 is 1.07 bits per heavy atom. The van der Waals surface area contributed by atoms with Gasteiger partial charge in [0.1, 0.15) is 0 Å². The van der Waals surface area contributed by atoms with Gasteiger partial charge in [-0.25, -0.2) is 9.48 Å². The monoisotopic (exact) mass is 400 g/mol. The number of fused-ring (bicyclic) bond motifs is 1. The molecule has 3 rings (SSSR count). The van der Waals surface area contributed by atoms with E-state index in [-0.39, 0.29) is 18.1 Å². The Labute approximate surface area is 167 Å². The Morgan fingerprint density at radius 2 is 1.75 bits per heavy atom. The molecule has 3 aromatic rings. The number of urea groups is 1. The van der Waals surface area contributed by atoms with Crippen molar-refractivity contribution < 1.29 is 9.53 Å². The minimum absolute atomic E-state index is 0.177. The average molecular weight is 401 g/mol. The van der Waals surface area contributed by atoms with Gasteiger partial charge < -0.3 is 15.4 Å². The Bertz CT molecular complexity index is 1020. The smallest absolute Gasteiger partial charge is 0.315 e. The number of hydrogen-bond donors (Lipinski definition) is 2. The van der Waals surface area contributed by atoms with Gasteiger partial charge in [0, 0.05) is 24.1 Å². The summed E-state index contributed by atoms with van der Waals surface area (Å²) in [6, 6.07) is 14.2. The van der Waals surface area contributed by atoms with E-state index in [0.717, 1.165) is 10.9 Å². The molecule has 8 heteroatoms. The van der Waals surface area contributed by atoms with Crippen LogP contribution >= 0.6 is 11.6 Å². The van der Waals surface area contributed by atoms with Crippen LogP contribution in [0, 0.1) is 0 Å². The Morgan fingerprint density at radius 3 is 2.46 bits per heavy atom. The molecule has 0 aliphatic rings. The lowest BCUT2D eigenvalue weighted by Gasteiger charge is -2.12. The number of halogens is 1. The van der Waals surface area contributed by atoms with Gasteiger partial charge in [-0.3, -0.25) is 4.79 Å². The van der Waals surface area contributed by atoms with Crippen LogP contribution in [0.25, 0.3) is 10.8 Å². The van der Waals surface area contributed by atoms with E-state index in [1.54, 1.807) is 31.4 Å². The highest BCUT2D eigenvalue weighted by molar-refractivity contribution is 6.30. The van der Waals surface area contributed by atoms with Gasteiger partial charge in [-0.2, -0.15) is 5.10 Å².